The van der Waals surface area contributed by atoms with Crippen molar-refractivity contribution >= 4 is 11.6 Å². The number of fused-ring (bicyclic) bond motifs is 2. The zero-order chi connectivity index (χ0) is 18.1. The predicted octanol–water partition coefficient (Wildman–Crippen LogP) is 3.45. The molecule has 2 fully saturated rings. The van der Waals surface area contributed by atoms with Crippen molar-refractivity contribution in [2.24, 2.45) is 5.92 Å². The van der Waals surface area contributed by atoms with E-state index in [4.69, 9.17) is 0 Å². The largest absolute Gasteiger partial charge is 0.325 e. The Hall–Kier alpha value is -2.21. The van der Waals surface area contributed by atoms with Gasteiger partial charge >= 0.3 is 0 Å². The summed E-state index contributed by atoms with van der Waals surface area (Å²) < 4.78 is 0. The highest BCUT2D eigenvalue weighted by molar-refractivity contribution is 5.94. The number of aromatic nitrogens is 3. The maximum atomic E-state index is 12.6. The molecule has 2 aliphatic heterocycles. The zero-order valence-electron chi connectivity index (χ0n) is 15.5. The lowest BCUT2D eigenvalue weighted by Crippen LogP contribution is -2.39. The van der Waals surface area contributed by atoms with E-state index in [0.717, 1.165) is 29.9 Å². The van der Waals surface area contributed by atoms with Gasteiger partial charge < -0.3 is 10.6 Å². The molecule has 4 rings (SSSR count). The fraction of sp³-hybridized carbons (Fsp3) is 0.550. The van der Waals surface area contributed by atoms with Gasteiger partial charge in [0, 0.05) is 30.0 Å². The van der Waals surface area contributed by atoms with Crippen LogP contribution in [-0.2, 0) is 4.79 Å². The summed E-state index contributed by atoms with van der Waals surface area (Å²) in [6.45, 7) is 4.15. The SMILES string of the molecule is CC(C)c1nc(-c2ccccc2NC(=O)CC2CC3CCC(C2)N3)n[nH]1. The van der Waals surface area contributed by atoms with E-state index in [1.54, 1.807) is 0 Å². The molecule has 0 aliphatic carbocycles. The van der Waals surface area contributed by atoms with Crippen molar-refractivity contribution in [3.63, 3.8) is 0 Å². The number of hydrogen-bond acceptors (Lipinski definition) is 4. The highest BCUT2D eigenvalue weighted by Crippen LogP contribution is 2.33. The maximum absolute atomic E-state index is 12.6. The van der Waals surface area contributed by atoms with Crippen molar-refractivity contribution < 1.29 is 4.79 Å². The van der Waals surface area contributed by atoms with Crippen LogP contribution in [0.5, 0.6) is 0 Å². The van der Waals surface area contributed by atoms with Crippen molar-refractivity contribution in [1.82, 2.24) is 20.5 Å². The van der Waals surface area contributed by atoms with Crippen molar-refractivity contribution in [1.29, 1.82) is 0 Å². The molecule has 2 unspecified atom stereocenters. The predicted molar refractivity (Wildman–Crippen MR) is 102 cm³/mol. The molecule has 0 saturated carbocycles. The van der Waals surface area contributed by atoms with E-state index in [0.29, 0.717) is 30.2 Å². The number of piperidine rings is 1. The van der Waals surface area contributed by atoms with Gasteiger partial charge in [0.2, 0.25) is 5.91 Å². The Bertz CT molecular complexity index is 772. The lowest BCUT2D eigenvalue weighted by molar-refractivity contribution is -0.117. The first-order valence-electron chi connectivity index (χ1n) is 9.66. The van der Waals surface area contributed by atoms with Crippen LogP contribution in [0.15, 0.2) is 24.3 Å². The first-order valence-corrected chi connectivity index (χ1v) is 9.66. The van der Waals surface area contributed by atoms with Crippen LogP contribution in [0.4, 0.5) is 5.69 Å². The summed E-state index contributed by atoms with van der Waals surface area (Å²) in [6, 6.07) is 8.97. The third kappa shape index (κ3) is 3.65. The number of amides is 1. The zero-order valence-corrected chi connectivity index (χ0v) is 15.5. The number of carbonyl (C=O) groups excluding carboxylic acids is 1. The highest BCUT2D eigenvalue weighted by Gasteiger charge is 2.34. The van der Waals surface area contributed by atoms with E-state index in [9.17, 15) is 4.79 Å². The number of hydrogen-bond donors (Lipinski definition) is 3. The average Bonchev–Trinajstić information content (AvgIpc) is 3.22. The van der Waals surface area contributed by atoms with Gasteiger partial charge in [-0.15, -0.1) is 0 Å². The Balaban J connectivity index is 1.45. The van der Waals surface area contributed by atoms with Crippen LogP contribution >= 0.6 is 0 Å². The van der Waals surface area contributed by atoms with Crippen molar-refractivity contribution in [3.8, 4) is 11.4 Å². The van der Waals surface area contributed by atoms with Gasteiger partial charge in [0.25, 0.3) is 0 Å². The average molecular weight is 353 g/mol. The van der Waals surface area contributed by atoms with E-state index in [1.165, 1.54) is 12.8 Å². The number of aromatic amines is 1. The number of nitrogens with zero attached hydrogens (tertiary/aromatic N) is 2. The van der Waals surface area contributed by atoms with E-state index >= 15 is 0 Å². The molecule has 1 aromatic heterocycles. The monoisotopic (exact) mass is 353 g/mol. The van der Waals surface area contributed by atoms with Gasteiger partial charge in [0.1, 0.15) is 5.82 Å². The van der Waals surface area contributed by atoms with Crippen LogP contribution in [0.25, 0.3) is 11.4 Å². The molecule has 2 bridgehead atoms. The lowest BCUT2D eigenvalue weighted by atomic mass is 9.89. The second kappa shape index (κ2) is 7.19. The molecule has 6 heteroatoms. The fourth-order valence-corrected chi connectivity index (χ4v) is 4.25. The minimum atomic E-state index is 0.0865. The fourth-order valence-electron chi connectivity index (χ4n) is 4.25. The molecule has 3 heterocycles. The van der Waals surface area contributed by atoms with E-state index in [2.05, 4.69) is 39.7 Å². The summed E-state index contributed by atoms with van der Waals surface area (Å²) in [4.78, 5) is 17.2. The Kier molecular flexibility index (Phi) is 4.76. The van der Waals surface area contributed by atoms with Crippen LogP contribution in [0, 0.1) is 5.92 Å². The second-order valence-corrected chi connectivity index (χ2v) is 7.97. The summed E-state index contributed by atoms with van der Waals surface area (Å²) in [5.74, 6) is 2.34. The van der Waals surface area contributed by atoms with Crippen molar-refractivity contribution in [2.75, 3.05) is 5.32 Å². The summed E-state index contributed by atoms with van der Waals surface area (Å²) in [7, 11) is 0. The number of para-hydroxylation sites is 1. The first-order chi connectivity index (χ1) is 12.6. The molecule has 26 heavy (non-hydrogen) atoms. The molecule has 2 aromatic rings. The molecule has 1 amide bonds. The van der Waals surface area contributed by atoms with Crippen LogP contribution < -0.4 is 10.6 Å². The number of nitrogens with one attached hydrogen (secondary N) is 3. The molecule has 1 aromatic carbocycles. The van der Waals surface area contributed by atoms with E-state index in [-0.39, 0.29) is 11.8 Å². The standard InChI is InChI=1S/C20H27N5O/c1-12(2)19-23-20(25-24-19)16-5-3-4-6-17(16)22-18(26)11-13-9-14-7-8-15(10-13)21-14/h3-6,12-15,21H,7-11H2,1-2H3,(H,22,26)(H,23,24,25). The number of rotatable bonds is 5. The van der Waals surface area contributed by atoms with Crippen LogP contribution in [0.1, 0.15) is 57.7 Å². The molecule has 0 spiro atoms. The lowest BCUT2D eigenvalue weighted by Gasteiger charge is -2.28. The van der Waals surface area contributed by atoms with Crippen molar-refractivity contribution in [2.45, 2.75) is 64.0 Å². The minimum Gasteiger partial charge on any atom is -0.325 e. The topological polar surface area (TPSA) is 82.7 Å². The van der Waals surface area contributed by atoms with Gasteiger partial charge in [-0.2, -0.15) is 5.10 Å². The highest BCUT2D eigenvalue weighted by atomic mass is 16.1. The van der Waals surface area contributed by atoms with Gasteiger partial charge in [0.05, 0.1) is 5.69 Å². The number of H-pyrrole nitrogens is 1. The molecule has 2 saturated heterocycles. The molecule has 2 aliphatic rings. The molecule has 0 radical (unpaired) electrons. The van der Waals surface area contributed by atoms with E-state index < -0.39 is 0 Å². The summed E-state index contributed by atoms with van der Waals surface area (Å²) in [5.41, 5.74) is 1.64. The molecule has 138 valence electrons. The van der Waals surface area contributed by atoms with Gasteiger partial charge in [-0.1, -0.05) is 26.0 Å². The normalized spacial score (nSPS) is 24.8. The number of benzene rings is 1. The third-order valence-electron chi connectivity index (χ3n) is 5.54. The molecular weight excluding hydrogens is 326 g/mol. The van der Waals surface area contributed by atoms with Gasteiger partial charge in [0.15, 0.2) is 5.82 Å². The molecule has 3 N–H and O–H groups in total. The molecular formula is C20H27N5O. The maximum Gasteiger partial charge on any atom is 0.224 e. The van der Waals surface area contributed by atoms with Crippen molar-refractivity contribution in [3.05, 3.63) is 30.1 Å². The van der Waals surface area contributed by atoms with Crippen LogP contribution in [0.2, 0.25) is 0 Å². The van der Waals surface area contributed by atoms with E-state index in [1.807, 2.05) is 24.3 Å². The number of carbonyl (C=O) groups is 1. The molecule has 2 atom stereocenters. The minimum absolute atomic E-state index is 0.0865. The summed E-state index contributed by atoms with van der Waals surface area (Å²) in [5, 5.41) is 14.0. The summed E-state index contributed by atoms with van der Waals surface area (Å²) in [6.07, 6.45) is 5.34. The summed E-state index contributed by atoms with van der Waals surface area (Å²) >= 11 is 0. The van der Waals surface area contributed by atoms with Gasteiger partial charge in [-0.3, -0.25) is 9.89 Å². The first kappa shape index (κ1) is 17.2. The smallest absolute Gasteiger partial charge is 0.224 e. The van der Waals surface area contributed by atoms with Gasteiger partial charge in [-0.05, 0) is 43.7 Å². The Morgan fingerprint density at radius 2 is 1.96 bits per heavy atom. The Labute approximate surface area is 154 Å². The second-order valence-electron chi connectivity index (χ2n) is 7.97. The quantitative estimate of drug-likeness (QED) is 0.769. The Morgan fingerprint density at radius 1 is 1.23 bits per heavy atom. The van der Waals surface area contributed by atoms with Crippen LogP contribution in [0.3, 0.4) is 0 Å². The molecule has 6 nitrogen and oxygen atoms in total. The third-order valence-corrected chi connectivity index (χ3v) is 5.54. The Morgan fingerprint density at radius 3 is 2.65 bits per heavy atom. The van der Waals surface area contributed by atoms with Gasteiger partial charge in [-0.25, -0.2) is 4.98 Å². The van der Waals surface area contributed by atoms with Crippen LogP contribution in [-0.4, -0.2) is 33.2 Å². The number of anilines is 1.